The smallest absolute Gasteiger partial charge is 0.304 e. The normalized spacial score (nSPS) is 13.4. The monoisotopic (exact) mass is 283 g/mol. The molecule has 1 aromatic rings. The van der Waals surface area contributed by atoms with Gasteiger partial charge in [-0.25, -0.2) is 0 Å². The minimum Gasteiger partial charge on any atom is -0.493 e. The van der Waals surface area contributed by atoms with Gasteiger partial charge in [-0.15, -0.1) is 0 Å². The maximum atomic E-state index is 11.0. The van der Waals surface area contributed by atoms with Crippen molar-refractivity contribution in [2.75, 3.05) is 21.3 Å². The van der Waals surface area contributed by atoms with E-state index in [0.717, 1.165) is 0 Å². The molecule has 0 fully saturated rings. The van der Waals surface area contributed by atoms with Gasteiger partial charge >= 0.3 is 5.97 Å². The van der Waals surface area contributed by atoms with Crippen LogP contribution in [0.1, 0.15) is 24.8 Å². The average molecular weight is 283 g/mol. The molecule has 0 radical (unpaired) electrons. The number of carbonyl (C=O) groups is 1. The zero-order valence-corrected chi connectivity index (χ0v) is 12.2. The van der Waals surface area contributed by atoms with E-state index in [0.29, 0.717) is 22.8 Å². The van der Waals surface area contributed by atoms with Gasteiger partial charge in [0.25, 0.3) is 0 Å². The summed E-state index contributed by atoms with van der Waals surface area (Å²) in [6, 6.07) is 3.14. The number of aliphatic carboxylic acids is 1. The molecule has 0 amide bonds. The molecule has 6 nitrogen and oxygen atoms in total. The highest BCUT2D eigenvalue weighted by atomic mass is 16.5. The number of hydrogen-bond acceptors (Lipinski definition) is 5. The summed E-state index contributed by atoms with van der Waals surface area (Å²) in [5.41, 5.74) is 6.61. The zero-order chi connectivity index (χ0) is 15.3. The SMILES string of the molecule is COc1ccc(C(CC(=O)O)C(C)N)c(OC)c1OC. The van der Waals surface area contributed by atoms with Crippen molar-refractivity contribution in [1.82, 2.24) is 0 Å². The highest BCUT2D eigenvalue weighted by molar-refractivity contribution is 5.69. The summed E-state index contributed by atoms with van der Waals surface area (Å²) in [5, 5.41) is 9.03. The molecule has 20 heavy (non-hydrogen) atoms. The van der Waals surface area contributed by atoms with Crippen molar-refractivity contribution in [3.05, 3.63) is 17.7 Å². The fourth-order valence-corrected chi connectivity index (χ4v) is 2.18. The topological polar surface area (TPSA) is 91.0 Å². The Kier molecular flexibility index (Phi) is 5.64. The van der Waals surface area contributed by atoms with Crippen molar-refractivity contribution in [2.24, 2.45) is 5.73 Å². The molecule has 3 N–H and O–H groups in total. The molecular weight excluding hydrogens is 262 g/mol. The van der Waals surface area contributed by atoms with Crippen molar-refractivity contribution in [3.8, 4) is 17.2 Å². The third kappa shape index (κ3) is 3.33. The predicted molar refractivity (Wildman–Crippen MR) is 74.7 cm³/mol. The van der Waals surface area contributed by atoms with Crippen LogP contribution < -0.4 is 19.9 Å². The quantitative estimate of drug-likeness (QED) is 0.790. The molecule has 0 saturated heterocycles. The van der Waals surface area contributed by atoms with Crippen LogP contribution in [0.5, 0.6) is 17.2 Å². The Morgan fingerprint density at radius 2 is 1.80 bits per heavy atom. The van der Waals surface area contributed by atoms with Gasteiger partial charge in [0.2, 0.25) is 5.75 Å². The second-order valence-electron chi connectivity index (χ2n) is 4.49. The van der Waals surface area contributed by atoms with Crippen LogP contribution in [0.25, 0.3) is 0 Å². The van der Waals surface area contributed by atoms with Gasteiger partial charge in [-0.05, 0) is 13.0 Å². The molecule has 112 valence electrons. The molecule has 0 heterocycles. The number of carboxylic acid groups (broad SMARTS) is 1. The largest absolute Gasteiger partial charge is 0.493 e. The molecular formula is C14H21NO5. The number of benzene rings is 1. The van der Waals surface area contributed by atoms with Crippen molar-refractivity contribution < 1.29 is 24.1 Å². The molecule has 0 aliphatic rings. The van der Waals surface area contributed by atoms with Crippen LogP contribution in [-0.4, -0.2) is 38.4 Å². The summed E-state index contributed by atoms with van der Waals surface area (Å²) in [5.74, 6) is 0.122. The van der Waals surface area contributed by atoms with Crippen molar-refractivity contribution in [2.45, 2.75) is 25.3 Å². The van der Waals surface area contributed by atoms with E-state index in [-0.39, 0.29) is 18.4 Å². The van der Waals surface area contributed by atoms with Crippen LogP contribution in [0.2, 0.25) is 0 Å². The lowest BCUT2D eigenvalue weighted by Gasteiger charge is -2.23. The van der Waals surface area contributed by atoms with E-state index in [9.17, 15) is 4.79 Å². The van der Waals surface area contributed by atoms with Gasteiger partial charge < -0.3 is 25.1 Å². The van der Waals surface area contributed by atoms with Gasteiger partial charge in [-0.2, -0.15) is 0 Å². The highest BCUT2D eigenvalue weighted by Gasteiger charge is 2.26. The number of methoxy groups -OCH3 is 3. The Morgan fingerprint density at radius 1 is 1.20 bits per heavy atom. The molecule has 0 aliphatic heterocycles. The van der Waals surface area contributed by atoms with Gasteiger partial charge in [0, 0.05) is 17.5 Å². The van der Waals surface area contributed by atoms with Crippen LogP contribution in [0.4, 0.5) is 0 Å². The van der Waals surface area contributed by atoms with Crippen molar-refractivity contribution in [1.29, 1.82) is 0 Å². The first-order valence-corrected chi connectivity index (χ1v) is 6.22. The van der Waals surface area contributed by atoms with Crippen LogP contribution in [0.15, 0.2) is 12.1 Å². The molecule has 0 spiro atoms. The third-order valence-corrected chi connectivity index (χ3v) is 3.16. The molecule has 2 atom stereocenters. The maximum Gasteiger partial charge on any atom is 0.304 e. The average Bonchev–Trinajstić information content (AvgIpc) is 2.42. The molecule has 0 aliphatic carbocycles. The second kappa shape index (κ2) is 7.00. The summed E-state index contributed by atoms with van der Waals surface area (Å²) < 4.78 is 15.9. The fourth-order valence-electron chi connectivity index (χ4n) is 2.18. The Labute approximate surface area is 118 Å². The Bertz CT molecular complexity index is 473. The number of carboxylic acids is 1. The molecule has 6 heteroatoms. The van der Waals surface area contributed by atoms with E-state index in [1.165, 1.54) is 21.3 Å². The van der Waals surface area contributed by atoms with E-state index in [4.69, 9.17) is 25.1 Å². The van der Waals surface area contributed by atoms with Gasteiger partial charge in [0.15, 0.2) is 11.5 Å². The van der Waals surface area contributed by atoms with E-state index < -0.39 is 5.97 Å². The van der Waals surface area contributed by atoms with E-state index in [1.54, 1.807) is 19.1 Å². The zero-order valence-electron chi connectivity index (χ0n) is 12.2. The lowest BCUT2D eigenvalue weighted by molar-refractivity contribution is -0.137. The highest BCUT2D eigenvalue weighted by Crippen LogP contribution is 2.43. The lowest BCUT2D eigenvalue weighted by atomic mass is 9.89. The first-order chi connectivity index (χ1) is 9.46. The Balaban J connectivity index is 3.37. The maximum absolute atomic E-state index is 11.0. The molecule has 0 saturated carbocycles. The number of hydrogen-bond donors (Lipinski definition) is 2. The minimum absolute atomic E-state index is 0.0799. The number of nitrogens with two attached hydrogens (primary N) is 1. The van der Waals surface area contributed by atoms with Crippen LogP contribution in [-0.2, 0) is 4.79 Å². The first kappa shape index (κ1) is 16.1. The summed E-state index contributed by atoms with van der Waals surface area (Å²) in [7, 11) is 4.53. The molecule has 0 bridgehead atoms. The summed E-state index contributed by atoms with van der Waals surface area (Å²) >= 11 is 0. The summed E-state index contributed by atoms with van der Waals surface area (Å²) in [6.45, 7) is 1.77. The predicted octanol–water partition coefficient (Wildman–Crippen LogP) is 1.62. The van der Waals surface area contributed by atoms with Crippen LogP contribution in [0.3, 0.4) is 0 Å². The summed E-state index contributed by atoms with van der Waals surface area (Å²) in [4.78, 5) is 11.0. The molecule has 1 rings (SSSR count). The standard InChI is InChI=1S/C14H21NO5/c1-8(15)10(7-12(16)17)9-5-6-11(18-2)14(20-4)13(9)19-3/h5-6,8,10H,7,15H2,1-4H3,(H,16,17). The summed E-state index contributed by atoms with van der Waals surface area (Å²) in [6.07, 6.45) is -0.0799. The number of rotatable bonds is 7. The van der Waals surface area contributed by atoms with Crippen molar-refractivity contribution >= 4 is 5.97 Å². The van der Waals surface area contributed by atoms with Gasteiger partial charge in [0.1, 0.15) is 0 Å². The molecule has 0 aromatic heterocycles. The van der Waals surface area contributed by atoms with E-state index in [1.807, 2.05) is 0 Å². The lowest BCUT2D eigenvalue weighted by Crippen LogP contribution is -2.27. The Hall–Kier alpha value is -1.95. The fraction of sp³-hybridized carbons (Fsp3) is 0.500. The van der Waals surface area contributed by atoms with Crippen molar-refractivity contribution in [3.63, 3.8) is 0 Å². The molecule has 1 aromatic carbocycles. The third-order valence-electron chi connectivity index (χ3n) is 3.16. The van der Waals surface area contributed by atoms with Gasteiger partial charge in [0.05, 0.1) is 27.8 Å². The van der Waals surface area contributed by atoms with E-state index in [2.05, 4.69) is 0 Å². The van der Waals surface area contributed by atoms with E-state index >= 15 is 0 Å². The second-order valence-corrected chi connectivity index (χ2v) is 4.49. The Morgan fingerprint density at radius 3 is 2.20 bits per heavy atom. The van der Waals surface area contributed by atoms with Crippen LogP contribution >= 0.6 is 0 Å². The molecule has 2 unspecified atom stereocenters. The minimum atomic E-state index is -0.913. The van der Waals surface area contributed by atoms with Crippen LogP contribution in [0, 0.1) is 0 Å². The van der Waals surface area contributed by atoms with Gasteiger partial charge in [-0.1, -0.05) is 6.07 Å². The van der Waals surface area contributed by atoms with Gasteiger partial charge in [-0.3, -0.25) is 4.79 Å². The first-order valence-electron chi connectivity index (χ1n) is 6.22. The number of ether oxygens (including phenoxy) is 3.